The third-order valence-electron chi connectivity index (χ3n) is 7.27. The van der Waals surface area contributed by atoms with Crippen molar-refractivity contribution in [3.8, 4) is 34.5 Å². The lowest BCUT2D eigenvalue weighted by Crippen LogP contribution is -2.17. The van der Waals surface area contributed by atoms with Gasteiger partial charge in [-0.2, -0.15) is 0 Å². The van der Waals surface area contributed by atoms with Gasteiger partial charge in [-0.05, 0) is 136 Å². The molecule has 0 fully saturated rings. The van der Waals surface area contributed by atoms with E-state index in [1.54, 1.807) is 84.9 Å². The summed E-state index contributed by atoms with van der Waals surface area (Å²) in [7, 11) is 0. The van der Waals surface area contributed by atoms with E-state index in [0.717, 1.165) is 25.7 Å². The molecular formula is C39H42O9. The Labute approximate surface area is 281 Å². The molecule has 0 spiro atoms. The summed E-state index contributed by atoms with van der Waals surface area (Å²) < 4.78 is 33.3. The van der Waals surface area contributed by atoms with E-state index in [2.05, 4.69) is 0 Å². The zero-order valence-electron chi connectivity index (χ0n) is 27.9. The van der Waals surface area contributed by atoms with Crippen LogP contribution in [0.3, 0.4) is 0 Å². The zero-order valence-corrected chi connectivity index (χ0v) is 27.9. The number of hydrogen-bond acceptors (Lipinski definition) is 9. The number of aryl methyl sites for hydroxylation is 2. The minimum Gasteiger partial charge on any atom is -0.494 e. The van der Waals surface area contributed by atoms with Gasteiger partial charge < -0.3 is 28.4 Å². The highest BCUT2D eigenvalue weighted by atomic mass is 16.7. The molecule has 9 nitrogen and oxygen atoms in total. The van der Waals surface area contributed by atoms with Gasteiger partial charge in [0.1, 0.15) is 34.5 Å². The minimum atomic E-state index is -0.931. The van der Waals surface area contributed by atoms with Crippen LogP contribution in [0.1, 0.15) is 85.2 Å². The van der Waals surface area contributed by atoms with Crippen LogP contribution in [0.4, 0.5) is 4.79 Å². The van der Waals surface area contributed by atoms with E-state index in [-0.39, 0.29) is 11.5 Å². The van der Waals surface area contributed by atoms with Crippen LogP contribution in [0.25, 0.3) is 0 Å². The number of rotatable bonds is 16. The molecule has 0 saturated carbocycles. The van der Waals surface area contributed by atoms with Crippen molar-refractivity contribution in [2.75, 3.05) is 13.2 Å². The molecule has 0 aliphatic rings. The predicted molar refractivity (Wildman–Crippen MR) is 182 cm³/mol. The van der Waals surface area contributed by atoms with Crippen LogP contribution in [0.2, 0.25) is 0 Å². The van der Waals surface area contributed by atoms with E-state index in [0.29, 0.717) is 71.3 Å². The Morgan fingerprint density at radius 2 is 0.854 bits per heavy atom. The fourth-order valence-electron chi connectivity index (χ4n) is 4.81. The molecule has 0 saturated heterocycles. The molecule has 0 bridgehead atoms. The standard InChI is InChI=1S/C39H42O9/c1-5-9-11-27-25-29(37(40)45-33-19-15-31(16-20-33)43-7-3)13-23-35(27)47-39(42)48-36-24-14-30(26-28(36)12-10-6-2)38(41)46-34-21-17-32(18-22-34)44-8-4/h13-26H,5-12H2,1-4H3. The van der Waals surface area contributed by atoms with Crippen molar-refractivity contribution in [2.45, 2.75) is 66.2 Å². The van der Waals surface area contributed by atoms with Gasteiger partial charge in [0.25, 0.3) is 0 Å². The van der Waals surface area contributed by atoms with Crippen molar-refractivity contribution >= 4 is 18.1 Å². The SMILES string of the molecule is CCCCc1cc(C(=O)Oc2ccc(OCC)cc2)ccc1OC(=O)Oc1ccc(C(=O)Oc2ccc(OCC)cc2)cc1CCCC. The number of esters is 2. The summed E-state index contributed by atoms with van der Waals surface area (Å²) in [5.74, 6) is 1.65. The average Bonchev–Trinajstić information content (AvgIpc) is 3.09. The highest BCUT2D eigenvalue weighted by molar-refractivity contribution is 5.92. The van der Waals surface area contributed by atoms with E-state index in [1.807, 2.05) is 27.7 Å². The number of unbranched alkanes of at least 4 members (excludes halogenated alkanes) is 2. The van der Waals surface area contributed by atoms with Gasteiger partial charge in [0.15, 0.2) is 0 Å². The van der Waals surface area contributed by atoms with Gasteiger partial charge in [0, 0.05) is 0 Å². The Morgan fingerprint density at radius 1 is 0.479 bits per heavy atom. The molecule has 0 radical (unpaired) electrons. The summed E-state index contributed by atoms with van der Waals surface area (Å²) >= 11 is 0. The summed E-state index contributed by atoms with van der Waals surface area (Å²) in [6.45, 7) is 8.96. The Kier molecular flexibility index (Phi) is 13.4. The van der Waals surface area contributed by atoms with E-state index in [4.69, 9.17) is 28.4 Å². The Morgan fingerprint density at radius 3 is 1.21 bits per heavy atom. The molecule has 0 unspecified atom stereocenters. The summed E-state index contributed by atoms with van der Waals surface area (Å²) in [5, 5.41) is 0. The second-order valence-electron chi connectivity index (χ2n) is 10.9. The van der Waals surface area contributed by atoms with E-state index in [9.17, 15) is 14.4 Å². The lowest BCUT2D eigenvalue weighted by Gasteiger charge is -2.14. The Hall–Kier alpha value is -5.31. The van der Waals surface area contributed by atoms with Crippen molar-refractivity contribution in [1.29, 1.82) is 0 Å². The zero-order chi connectivity index (χ0) is 34.3. The van der Waals surface area contributed by atoms with E-state index < -0.39 is 18.1 Å². The van der Waals surface area contributed by atoms with Crippen molar-refractivity contribution in [3.05, 3.63) is 107 Å². The average molecular weight is 655 g/mol. The van der Waals surface area contributed by atoms with Gasteiger partial charge in [0.05, 0.1) is 24.3 Å². The monoisotopic (exact) mass is 654 g/mol. The number of ether oxygens (including phenoxy) is 6. The van der Waals surface area contributed by atoms with Crippen LogP contribution in [-0.2, 0) is 12.8 Å². The minimum absolute atomic E-state index is 0.289. The third-order valence-corrected chi connectivity index (χ3v) is 7.27. The lowest BCUT2D eigenvalue weighted by molar-refractivity contribution is 0.0725. The first-order chi connectivity index (χ1) is 23.3. The van der Waals surface area contributed by atoms with E-state index in [1.165, 1.54) is 0 Å². The number of hydrogen-bond donors (Lipinski definition) is 0. The summed E-state index contributed by atoms with van der Waals surface area (Å²) in [4.78, 5) is 38.9. The lowest BCUT2D eigenvalue weighted by atomic mass is 10.0. The fourth-order valence-corrected chi connectivity index (χ4v) is 4.81. The molecule has 0 heterocycles. The van der Waals surface area contributed by atoms with Crippen LogP contribution in [0.5, 0.6) is 34.5 Å². The van der Waals surface area contributed by atoms with Gasteiger partial charge in [0.2, 0.25) is 0 Å². The van der Waals surface area contributed by atoms with Crippen LogP contribution in [-0.4, -0.2) is 31.3 Å². The second-order valence-corrected chi connectivity index (χ2v) is 10.9. The molecule has 0 aromatic heterocycles. The van der Waals surface area contributed by atoms with Crippen molar-refractivity contribution in [2.24, 2.45) is 0 Å². The summed E-state index contributed by atoms with van der Waals surface area (Å²) in [6, 6.07) is 23.2. The fraction of sp³-hybridized carbons (Fsp3) is 0.308. The Balaban J connectivity index is 1.46. The van der Waals surface area contributed by atoms with Gasteiger partial charge in [-0.25, -0.2) is 14.4 Å². The maximum atomic E-state index is 13.1. The van der Waals surface area contributed by atoms with Crippen molar-refractivity contribution < 1.29 is 42.8 Å². The molecule has 0 aliphatic carbocycles. The van der Waals surface area contributed by atoms with Crippen LogP contribution in [0, 0.1) is 0 Å². The first kappa shape index (κ1) is 35.5. The molecule has 0 N–H and O–H groups in total. The maximum Gasteiger partial charge on any atom is 0.519 e. The molecule has 252 valence electrons. The van der Waals surface area contributed by atoms with Crippen LogP contribution < -0.4 is 28.4 Å². The highest BCUT2D eigenvalue weighted by Crippen LogP contribution is 2.28. The first-order valence-electron chi connectivity index (χ1n) is 16.4. The molecule has 0 atom stereocenters. The molecular weight excluding hydrogens is 612 g/mol. The summed E-state index contributed by atoms with van der Waals surface area (Å²) in [5.41, 5.74) is 2.00. The second kappa shape index (κ2) is 18.1. The quantitative estimate of drug-likeness (QED) is 0.0664. The predicted octanol–water partition coefficient (Wildman–Crippen LogP) is 9.19. The normalized spacial score (nSPS) is 10.6. The molecule has 4 rings (SSSR count). The van der Waals surface area contributed by atoms with Gasteiger partial charge >= 0.3 is 18.1 Å². The molecule has 0 aliphatic heterocycles. The third kappa shape index (κ3) is 10.4. The van der Waals surface area contributed by atoms with Gasteiger partial charge in [-0.1, -0.05) is 26.7 Å². The topological polar surface area (TPSA) is 107 Å². The molecule has 0 amide bonds. The van der Waals surface area contributed by atoms with Crippen molar-refractivity contribution in [3.63, 3.8) is 0 Å². The summed E-state index contributed by atoms with van der Waals surface area (Å²) in [6.07, 6.45) is 3.67. The van der Waals surface area contributed by atoms with Crippen LogP contribution >= 0.6 is 0 Å². The maximum absolute atomic E-state index is 13.1. The van der Waals surface area contributed by atoms with Gasteiger partial charge in [-0.3, -0.25) is 0 Å². The van der Waals surface area contributed by atoms with Gasteiger partial charge in [-0.15, -0.1) is 0 Å². The smallest absolute Gasteiger partial charge is 0.494 e. The largest absolute Gasteiger partial charge is 0.519 e. The molecule has 9 heteroatoms. The molecule has 4 aromatic carbocycles. The Bertz CT molecular complexity index is 1540. The van der Waals surface area contributed by atoms with Crippen molar-refractivity contribution in [1.82, 2.24) is 0 Å². The van der Waals surface area contributed by atoms with Crippen LogP contribution in [0.15, 0.2) is 84.9 Å². The molecule has 4 aromatic rings. The van der Waals surface area contributed by atoms with E-state index >= 15 is 0 Å². The first-order valence-corrected chi connectivity index (χ1v) is 16.4. The number of carbonyl (C=O) groups excluding carboxylic acids is 3. The molecule has 48 heavy (non-hydrogen) atoms. The number of carbonyl (C=O) groups is 3. The highest BCUT2D eigenvalue weighted by Gasteiger charge is 2.19. The number of benzene rings is 4.